The van der Waals surface area contributed by atoms with Gasteiger partial charge in [0.2, 0.25) is 5.91 Å². The number of anilines is 2. The Morgan fingerprint density at radius 3 is 2.46 bits per heavy atom. The molecule has 3 rings (SSSR count). The first-order valence-electron chi connectivity index (χ1n) is 8.90. The largest absolute Gasteiger partial charge is 0.312 e. The molecule has 0 radical (unpaired) electrons. The Hall–Kier alpha value is -2.94. The predicted molar refractivity (Wildman–Crippen MR) is 106 cm³/mol. The minimum absolute atomic E-state index is 0.0418. The molecule has 0 aliphatic carbocycles. The number of aryl methyl sites for hydroxylation is 1. The quantitative estimate of drug-likeness (QED) is 0.608. The van der Waals surface area contributed by atoms with Gasteiger partial charge in [-0.3, -0.25) is 19.6 Å². The SMILES string of the molecule is CC(C)C(=O)N1CCCc2cc(NS(=O)(=O)c3ccc([N+](=O)[O-])cc3)ccc21. The van der Waals surface area contributed by atoms with E-state index in [0.29, 0.717) is 12.2 Å². The summed E-state index contributed by atoms with van der Waals surface area (Å²) in [7, 11) is -3.88. The first-order valence-corrected chi connectivity index (χ1v) is 10.4. The van der Waals surface area contributed by atoms with Gasteiger partial charge in [-0.15, -0.1) is 0 Å². The summed E-state index contributed by atoms with van der Waals surface area (Å²) >= 11 is 0. The number of amides is 1. The van der Waals surface area contributed by atoms with E-state index in [4.69, 9.17) is 0 Å². The van der Waals surface area contributed by atoms with Gasteiger partial charge in [0, 0.05) is 36.0 Å². The number of nitrogens with zero attached hydrogens (tertiary/aromatic N) is 2. The number of fused-ring (bicyclic) bond motifs is 1. The molecule has 2 aromatic carbocycles. The Bertz CT molecular complexity index is 1020. The number of hydrogen-bond donors (Lipinski definition) is 1. The van der Waals surface area contributed by atoms with E-state index in [-0.39, 0.29) is 22.4 Å². The van der Waals surface area contributed by atoms with Crippen molar-refractivity contribution >= 4 is 33.0 Å². The van der Waals surface area contributed by atoms with Crippen molar-refractivity contribution in [1.82, 2.24) is 0 Å². The summed E-state index contributed by atoms with van der Waals surface area (Å²) in [5.41, 5.74) is 1.92. The fourth-order valence-corrected chi connectivity index (χ4v) is 4.21. The molecule has 0 atom stereocenters. The van der Waals surface area contributed by atoms with E-state index in [1.54, 1.807) is 23.1 Å². The van der Waals surface area contributed by atoms with E-state index in [9.17, 15) is 23.3 Å². The summed E-state index contributed by atoms with van der Waals surface area (Å²) in [5, 5.41) is 10.7. The number of nitrogens with one attached hydrogen (secondary N) is 1. The maximum absolute atomic E-state index is 12.6. The summed E-state index contributed by atoms with van der Waals surface area (Å²) < 4.78 is 27.6. The average molecular weight is 403 g/mol. The molecule has 1 aliphatic rings. The number of non-ortho nitro benzene ring substituents is 1. The molecule has 1 aliphatic heterocycles. The zero-order valence-electron chi connectivity index (χ0n) is 15.6. The van der Waals surface area contributed by atoms with Gasteiger partial charge in [0.25, 0.3) is 15.7 Å². The summed E-state index contributed by atoms with van der Waals surface area (Å²) in [5.74, 6) is -0.0774. The van der Waals surface area contributed by atoms with Gasteiger partial charge in [0.15, 0.2) is 0 Å². The first kappa shape index (κ1) is 19.8. The van der Waals surface area contributed by atoms with Crippen LogP contribution in [0.2, 0.25) is 0 Å². The lowest BCUT2D eigenvalue weighted by Crippen LogP contribution is -2.38. The molecule has 28 heavy (non-hydrogen) atoms. The van der Waals surface area contributed by atoms with Gasteiger partial charge in [0.1, 0.15) is 0 Å². The smallest absolute Gasteiger partial charge is 0.269 e. The van der Waals surface area contributed by atoms with Crippen LogP contribution >= 0.6 is 0 Å². The van der Waals surface area contributed by atoms with Gasteiger partial charge in [-0.2, -0.15) is 0 Å². The first-order chi connectivity index (χ1) is 13.2. The number of carbonyl (C=O) groups excluding carboxylic acids is 1. The van der Waals surface area contributed by atoms with Crippen LogP contribution in [0.15, 0.2) is 47.4 Å². The van der Waals surface area contributed by atoms with Gasteiger partial charge in [-0.05, 0) is 48.7 Å². The van der Waals surface area contributed by atoms with Crippen LogP contribution in [0.25, 0.3) is 0 Å². The molecule has 148 valence electrons. The van der Waals surface area contributed by atoms with E-state index < -0.39 is 14.9 Å². The van der Waals surface area contributed by atoms with E-state index in [0.717, 1.165) is 36.2 Å². The van der Waals surface area contributed by atoms with Crippen molar-refractivity contribution in [2.24, 2.45) is 5.92 Å². The van der Waals surface area contributed by atoms with Crippen molar-refractivity contribution in [3.63, 3.8) is 0 Å². The monoisotopic (exact) mass is 403 g/mol. The predicted octanol–water partition coefficient (Wildman–Crippen LogP) is 3.33. The third-order valence-electron chi connectivity index (χ3n) is 4.57. The molecule has 0 unspecified atom stereocenters. The second-order valence-corrected chi connectivity index (χ2v) is 8.63. The molecule has 1 N–H and O–H groups in total. The number of carbonyl (C=O) groups is 1. The topological polar surface area (TPSA) is 110 Å². The molecule has 1 amide bonds. The maximum Gasteiger partial charge on any atom is 0.269 e. The maximum atomic E-state index is 12.6. The van der Waals surface area contributed by atoms with Crippen molar-refractivity contribution in [2.45, 2.75) is 31.6 Å². The molecule has 9 heteroatoms. The lowest BCUT2D eigenvalue weighted by molar-refractivity contribution is -0.384. The number of hydrogen-bond acceptors (Lipinski definition) is 5. The molecule has 8 nitrogen and oxygen atoms in total. The van der Waals surface area contributed by atoms with Crippen LogP contribution in [-0.2, 0) is 21.2 Å². The normalized spacial score (nSPS) is 13.9. The molecule has 0 bridgehead atoms. The van der Waals surface area contributed by atoms with Crippen molar-refractivity contribution in [2.75, 3.05) is 16.2 Å². The molecule has 2 aromatic rings. The van der Waals surface area contributed by atoms with Gasteiger partial charge < -0.3 is 4.90 Å². The molecule has 0 spiro atoms. The van der Waals surface area contributed by atoms with Crippen LogP contribution in [0, 0.1) is 16.0 Å². The molecule has 0 fully saturated rings. The zero-order chi connectivity index (χ0) is 20.5. The molecular weight excluding hydrogens is 382 g/mol. The number of nitro groups is 1. The summed E-state index contributed by atoms with van der Waals surface area (Å²) in [6, 6.07) is 9.80. The van der Waals surface area contributed by atoms with Gasteiger partial charge in [-0.25, -0.2) is 8.42 Å². The second kappa shape index (κ2) is 7.59. The van der Waals surface area contributed by atoms with Gasteiger partial charge >= 0.3 is 0 Å². The van der Waals surface area contributed by atoms with E-state index >= 15 is 0 Å². The molecular formula is C19H21N3O5S. The Kier molecular flexibility index (Phi) is 5.37. The van der Waals surface area contributed by atoms with Crippen molar-refractivity contribution < 1.29 is 18.1 Å². The Morgan fingerprint density at radius 1 is 1.18 bits per heavy atom. The zero-order valence-corrected chi connectivity index (χ0v) is 16.4. The standard InChI is InChI=1S/C19H21N3O5S/c1-13(2)19(23)21-11-3-4-14-12-15(5-10-18(14)21)20-28(26,27)17-8-6-16(7-9-17)22(24)25/h5-10,12-13,20H,3-4,11H2,1-2H3. The Morgan fingerprint density at radius 2 is 1.86 bits per heavy atom. The van der Waals surface area contributed by atoms with Gasteiger partial charge in [-0.1, -0.05) is 13.8 Å². The number of rotatable bonds is 5. The highest BCUT2D eigenvalue weighted by Gasteiger charge is 2.25. The van der Waals surface area contributed by atoms with E-state index in [1.807, 2.05) is 13.8 Å². The minimum atomic E-state index is -3.88. The minimum Gasteiger partial charge on any atom is -0.312 e. The average Bonchev–Trinajstić information content (AvgIpc) is 2.66. The van der Waals surface area contributed by atoms with Gasteiger partial charge in [0.05, 0.1) is 9.82 Å². The van der Waals surface area contributed by atoms with Crippen LogP contribution in [0.4, 0.5) is 17.1 Å². The third kappa shape index (κ3) is 3.99. The highest BCUT2D eigenvalue weighted by molar-refractivity contribution is 7.92. The van der Waals surface area contributed by atoms with Crippen LogP contribution in [0.5, 0.6) is 0 Å². The molecule has 1 heterocycles. The summed E-state index contributed by atoms with van der Waals surface area (Å²) in [4.78, 5) is 24.2. The third-order valence-corrected chi connectivity index (χ3v) is 5.97. The van der Waals surface area contributed by atoms with Crippen LogP contribution in [0.3, 0.4) is 0 Å². The highest BCUT2D eigenvalue weighted by Crippen LogP contribution is 2.31. The Balaban J connectivity index is 1.85. The lowest BCUT2D eigenvalue weighted by Gasteiger charge is -2.31. The van der Waals surface area contributed by atoms with Crippen LogP contribution in [-0.4, -0.2) is 25.8 Å². The fourth-order valence-electron chi connectivity index (χ4n) is 3.16. The molecule has 0 aromatic heterocycles. The number of nitro benzene ring substituents is 1. The lowest BCUT2D eigenvalue weighted by atomic mass is 9.99. The van der Waals surface area contributed by atoms with E-state index in [2.05, 4.69) is 4.72 Å². The Labute approximate surface area is 163 Å². The summed E-state index contributed by atoms with van der Waals surface area (Å²) in [6.45, 7) is 4.35. The van der Waals surface area contributed by atoms with Crippen LogP contribution < -0.4 is 9.62 Å². The number of benzene rings is 2. The van der Waals surface area contributed by atoms with E-state index in [1.165, 1.54) is 12.1 Å². The van der Waals surface area contributed by atoms with Crippen LogP contribution in [0.1, 0.15) is 25.8 Å². The summed E-state index contributed by atoms with van der Waals surface area (Å²) in [6.07, 6.45) is 1.56. The number of sulfonamides is 1. The fraction of sp³-hybridized carbons (Fsp3) is 0.316. The van der Waals surface area contributed by atoms with Crippen molar-refractivity contribution in [3.8, 4) is 0 Å². The molecule has 0 saturated carbocycles. The molecule has 0 saturated heterocycles. The second-order valence-electron chi connectivity index (χ2n) is 6.95. The highest BCUT2D eigenvalue weighted by atomic mass is 32.2. The van der Waals surface area contributed by atoms with Crippen molar-refractivity contribution in [3.05, 3.63) is 58.1 Å². The van der Waals surface area contributed by atoms with Crippen molar-refractivity contribution in [1.29, 1.82) is 0 Å².